The van der Waals surface area contributed by atoms with Crippen molar-refractivity contribution in [1.29, 1.82) is 0 Å². The molecule has 0 radical (unpaired) electrons. The van der Waals surface area contributed by atoms with Crippen molar-refractivity contribution in [3.63, 3.8) is 0 Å². The van der Waals surface area contributed by atoms with Crippen LogP contribution in [0.4, 0.5) is 4.39 Å². The Morgan fingerprint density at radius 1 is 1.17 bits per heavy atom. The largest absolute Gasteiger partial charge is 0.490 e. The first-order chi connectivity index (χ1) is 11.0. The van der Waals surface area contributed by atoms with Crippen LogP contribution in [0.25, 0.3) is 0 Å². The minimum Gasteiger partial charge on any atom is -0.490 e. The first-order valence-electron chi connectivity index (χ1n) is 8.22. The number of nitrogens with two attached hydrogens (primary N) is 1. The monoisotopic (exact) mass is 328 g/mol. The summed E-state index contributed by atoms with van der Waals surface area (Å²) in [5, 5.41) is 13.3. The van der Waals surface area contributed by atoms with E-state index >= 15 is 0 Å². The van der Waals surface area contributed by atoms with E-state index in [1.54, 1.807) is 7.05 Å². The smallest absolute Gasteiger partial charge is 0.164 e. The molecule has 0 aliphatic heterocycles. The van der Waals surface area contributed by atoms with Gasteiger partial charge in [0.25, 0.3) is 0 Å². The second-order valence-electron chi connectivity index (χ2n) is 5.52. The fourth-order valence-corrected chi connectivity index (χ4v) is 2.13. The van der Waals surface area contributed by atoms with Gasteiger partial charge in [0, 0.05) is 17.7 Å². The predicted molar refractivity (Wildman–Crippen MR) is 89.5 cm³/mol. The molecule has 132 valence electrons. The number of aliphatic hydroxyl groups is 1. The summed E-state index contributed by atoms with van der Waals surface area (Å²) in [7, 11) is 1.80. The molecule has 1 aromatic rings. The molecule has 0 saturated heterocycles. The van der Waals surface area contributed by atoms with Crippen molar-refractivity contribution in [3.8, 4) is 11.5 Å². The molecule has 0 bridgehead atoms. The summed E-state index contributed by atoms with van der Waals surface area (Å²) in [4.78, 5) is 0. The van der Waals surface area contributed by atoms with Crippen LogP contribution >= 0.6 is 0 Å². The van der Waals surface area contributed by atoms with E-state index < -0.39 is 18.0 Å². The van der Waals surface area contributed by atoms with Crippen LogP contribution in [0.1, 0.15) is 44.8 Å². The minimum atomic E-state index is -1.09. The van der Waals surface area contributed by atoms with E-state index in [1.807, 2.05) is 13.8 Å². The molecule has 0 amide bonds. The quantitative estimate of drug-likeness (QED) is 0.581. The third-order valence-electron chi connectivity index (χ3n) is 3.44. The molecule has 5 nitrogen and oxygen atoms in total. The number of aliphatic hydroxyl groups excluding tert-OH is 1. The van der Waals surface area contributed by atoms with Gasteiger partial charge in [-0.3, -0.25) is 0 Å². The summed E-state index contributed by atoms with van der Waals surface area (Å²) >= 11 is 0. The summed E-state index contributed by atoms with van der Waals surface area (Å²) in [6.07, 6.45) is 1.08. The third-order valence-corrected chi connectivity index (χ3v) is 3.44. The maximum Gasteiger partial charge on any atom is 0.164 e. The lowest BCUT2D eigenvalue weighted by Gasteiger charge is -2.21. The van der Waals surface area contributed by atoms with E-state index in [2.05, 4.69) is 5.32 Å². The Balaban J connectivity index is 3.02. The zero-order valence-corrected chi connectivity index (χ0v) is 14.3. The van der Waals surface area contributed by atoms with Crippen molar-refractivity contribution in [2.45, 2.75) is 45.3 Å². The van der Waals surface area contributed by atoms with Crippen molar-refractivity contribution < 1.29 is 19.0 Å². The molecule has 6 heteroatoms. The first-order valence-corrected chi connectivity index (χ1v) is 8.22. The number of ether oxygens (including phenoxy) is 2. The molecule has 23 heavy (non-hydrogen) atoms. The van der Waals surface area contributed by atoms with Crippen molar-refractivity contribution in [2.75, 3.05) is 26.8 Å². The standard InChI is InChI=1S/C17H29FN2O3/c1-4-8-22-15-10-12(17(21)14(19)6-7-20-3)13(18)11-16(15)23-9-5-2/h10-11,14,17,20-21H,4-9,19H2,1-3H3. The van der Waals surface area contributed by atoms with Crippen molar-refractivity contribution in [3.05, 3.63) is 23.5 Å². The van der Waals surface area contributed by atoms with Gasteiger partial charge in [0.05, 0.1) is 19.3 Å². The molecule has 0 spiro atoms. The van der Waals surface area contributed by atoms with Gasteiger partial charge in [-0.25, -0.2) is 4.39 Å². The average Bonchev–Trinajstić information content (AvgIpc) is 2.56. The molecule has 0 aromatic heterocycles. The van der Waals surface area contributed by atoms with Crippen LogP contribution < -0.4 is 20.5 Å². The van der Waals surface area contributed by atoms with Crippen LogP contribution in [0.5, 0.6) is 11.5 Å². The van der Waals surface area contributed by atoms with Crippen LogP contribution in [-0.4, -0.2) is 38.0 Å². The number of benzene rings is 1. The maximum atomic E-state index is 14.3. The van der Waals surface area contributed by atoms with Crippen LogP contribution in [0.2, 0.25) is 0 Å². The Morgan fingerprint density at radius 2 is 1.74 bits per heavy atom. The SMILES string of the molecule is CCCOc1cc(F)c(C(O)C(N)CCNC)cc1OCCC. The molecule has 2 atom stereocenters. The van der Waals surface area contributed by atoms with Gasteiger partial charge in [0.2, 0.25) is 0 Å². The van der Waals surface area contributed by atoms with E-state index in [9.17, 15) is 9.50 Å². The van der Waals surface area contributed by atoms with Gasteiger partial charge in [-0.1, -0.05) is 13.8 Å². The first kappa shape index (κ1) is 19.7. The molecular weight excluding hydrogens is 299 g/mol. The number of halogens is 1. The Morgan fingerprint density at radius 3 is 2.26 bits per heavy atom. The van der Waals surface area contributed by atoms with Gasteiger partial charge in [0.15, 0.2) is 11.5 Å². The van der Waals surface area contributed by atoms with Crippen LogP contribution in [0.3, 0.4) is 0 Å². The minimum absolute atomic E-state index is 0.142. The topological polar surface area (TPSA) is 76.7 Å². The highest BCUT2D eigenvalue weighted by Gasteiger charge is 2.23. The Kier molecular flexibility index (Phi) is 8.91. The highest BCUT2D eigenvalue weighted by atomic mass is 19.1. The summed E-state index contributed by atoms with van der Waals surface area (Å²) in [5.74, 6) is 0.265. The van der Waals surface area contributed by atoms with Crippen molar-refractivity contribution >= 4 is 0 Å². The van der Waals surface area contributed by atoms with Crippen LogP contribution in [-0.2, 0) is 0 Å². The summed E-state index contributed by atoms with van der Waals surface area (Å²) in [6.45, 7) is 5.58. The molecule has 2 unspecified atom stereocenters. The fraction of sp³-hybridized carbons (Fsp3) is 0.647. The third kappa shape index (κ3) is 5.97. The second-order valence-corrected chi connectivity index (χ2v) is 5.52. The van der Waals surface area contributed by atoms with Crippen molar-refractivity contribution in [1.82, 2.24) is 5.32 Å². The van der Waals surface area contributed by atoms with Gasteiger partial charge in [-0.15, -0.1) is 0 Å². The zero-order chi connectivity index (χ0) is 17.2. The lowest BCUT2D eigenvalue weighted by atomic mass is 9.99. The molecule has 0 aliphatic carbocycles. The molecule has 1 aromatic carbocycles. The summed E-state index contributed by atoms with van der Waals surface area (Å²) in [5.41, 5.74) is 6.09. The molecule has 0 aliphatic rings. The predicted octanol–water partition coefficient (Wildman–Crippen LogP) is 2.37. The lowest BCUT2D eigenvalue weighted by Crippen LogP contribution is -2.32. The fourth-order valence-electron chi connectivity index (χ4n) is 2.13. The van der Waals surface area contributed by atoms with E-state index in [-0.39, 0.29) is 5.56 Å². The highest BCUT2D eigenvalue weighted by Crippen LogP contribution is 2.34. The van der Waals surface area contributed by atoms with Gasteiger partial charge in [0.1, 0.15) is 5.82 Å². The number of hydrogen-bond acceptors (Lipinski definition) is 5. The second kappa shape index (κ2) is 10.4. The molecule has 0 fully saturated rings. The number of nitrogens with one attached hydrogen (secondary N) is 1. The lowest BCUT2D eigenvalue weighted by molar-refractivity contribution is 0.137. The Bertz CT molecular complexity index is 471. The number of rotatable bonds is 11. The average molecular weight is 328 g/mol. The van der Waals surface area contributed by atoms with Gasteiger partial charge in [-0.2, -0.15) is 0 Å². The van der Waals surface area contributed by atoms with E-state index in [0.29, 0.717) is 37.7 Å². The van der Waals surface area contributed by atoms with Crippen LogP contribution in [0.15, 0.2) is 12.1 Å². The normalized spacial score (nSPS) is 13.7. The summed E-state index contributed by atoms with van der Waals surface area (Å²) < 4.78 is 25.5. The highest BCUT2D eigenvalue weighted by molar-refractivity contribution is 5.44. The Labute approximate surface area is 138 Å². The van der Waals surface area contributed by atoms with Crippen molar-refractivity contribution in [2.24, 2.45) is 5.73 Å². The van der Waals surface area contributed by atoms with Gasteiger partial charge < -0.3 is 25.6 Å². The van der Waals surface area contributed by atoms with Gasteiger partial charge in [-0.05, 0) is 38.9 Å². The molecule has 0 heterocycles. The molecule has 1 rings (SSSR count). The maximum absolute atomic E-state index is 14.3. The van der Waals surface area contributed by atoms with E-state index in [1.165, 1.54) is 12.1 Å². The Hall–Kier alpha value is -1.37. The van der Waals surface area contributed by atoms with E-state index in [4.69, 9.17) is 15.2 Å². The zero-order valence-electron chi connectivity index (χ0n) is 14.3. The summed E-state index contributed by atoms with van der Waals surface area (Å²) in [6, 6.07) is 2.21. The van der Waals surface area contributed by atoms with Gasteiger partial charge >= 0.3 is 0 Å². The molecular formula is C17H29FN2O3. The molecule has 0 saturated carbocycles. The number of hydrogen-bond donors (Lipinski definition) is 3. The van der Waals surface area contributed by atoms with E-state index in [0.717, 1.165) is 12.8 Å². The molecule has 4 N–H and O–H groups in total. The van der Waals surface area contributed by atoms with Crippen LogP contribution in [0, 0.1) is 5.82 Å².